The molecule has 4 aromatic carbocycles. The molecule has 0 aliphatic carbocycles. The van der Waals surface area contributed by atoms with Gasteiger partial charge in [0.2, 0.25) is 5.75 Å². The summed E-state index contributed by atoms with van der Waals surface area (Å²) < 4.78 is 5.21. The molecular weight excluding hydrogens is 474 g/mol. The third-order valence-electron chi connectivity index (χ3n) is 5.48. The van der Waals surface area contributed by atoms with Crippen molar-refractivity contribution in [2.75, 3.05) is 0 Å². The van der Waals surface area contributed by atoms with Gasteiger partial charge in [0, 0.05) is 11.6 Å². The predicted molar refractivity (Wildman–Crippen MR) is 136 cm³/mol. The lowest BCUT2D eigenvalue weighted by Gasteiger charge is -2.27. The van der Waals surface area contributed by atoms with Gasteiger partial charge in [-0.1, -0.05) is 78.9 Å². The number of rotatable bonds is 8. The van der Waals surface area contributed by atoms with Crippen molar-refractivity contribution < 1.29 is 24.4 Å². The Kier molecular flexibility index (Phi) is 7.46. The molecule has 0 unspecified atom stereocenters. The fourth-order valence-corrected chi connectivity index (χ4v) is 3.61. The molecule has 0 radical (unpaired) electrons. The summed E-state index contributed by atoms with van der Waals surface area (Å²) in [6.07, 6.45) is 1.18. The van der Waals surface area contributed by atoms with Crippen LogP contribution in [0.15, 0.2) is 114 Å². The van der Waals surface area contributed by atoms with Gasteiger partial charge < -0.3 is 9.84 Å². The standard InChI is InChI=1S/C28H21N3O6/c32-26(21-10-4-1-5-11-21)37-25-17-16-20(18-24(25)31(35)36)19-29-30-27(33)28(34,22-12-6-2-7-13-22)23-14-8-3-9-15-23/h1-19,34H,(H,30,33). The number of nitrogens with zero attached hydrogens (tertiary/aromatic N) is 2. The van der Waals surface area contributed by atoms with E-state index in [1.54, 1.807) is 78.9 Å². The van der Waals surface area contributed by atoms with Crippen LogP contribution in [-0.4, -0.2) is 28.1 Å². The average Bonchev–Trinajstić information content (AvgIpc) is 2.94. The Hall–Kier alpha value is -5.15. The Morgan fingerprint density at radius 2 is 1.41 bits per heavy atom. The molecule has 1 amide bonds. The van der Waals surface area contributed by atoms with Gasteiger partial charge in [0.05, 0.1) is 16.7 Å². The van der Waals surface area contributed by atoms with Gasteiger partial charge >= 0.3 is 11.7 Å². The van der Waals surface area contributed by atoms with Crippen LogP contribution >= 0.6 is 0 Å². The quantitative estimate of drug-likeness (QED) is 0.124. The summed E-state index contributed by atoms with van der Waals surface area (Å²) in [6, 6.07) is 28.8. The maximum atomic E-state index is 13.1. The fraction of sp³-hybridized carbons (Fsp3) is 0.0357. The number of hydrazone groups is 1. The Labute approximate surface area is 211 Å². The molecule has 0 aliphatic heterocycles. The van der Waals surface area contributed by atoms with Crippen molar-refractivity contribution in [1.29, 1.82) is 0 Å². The van der Waals surface area contributed by atoms with Crippen LogP contribution in [0.5, 0.6) is 5.75 Å². The molecule has 0 aliphatic rings. The van der Waals surface area contributed by atoms with E-state index >= 15 is 0 Å². The number of hydrogen-bond donors (Lipinski definition) is 2. The van der Waals surface area contributed by atoms with Gasteiger partial charge in [0.1, 0.15) is 0 Å². The van der Waals surface area contributed by atoms with Crippen LogP contribution in [-0.2, 0) is 10.4 Å². The molecule has 0 saturated carbocycles. The van der Waals surface area contributed by atoms with E-state index in [1.807, 2.05) is 0 Å². The molecule has 0 saturated heterocycles. The van der Waals surface area contributed by atoms with Crippen molar-refractivity contribution in [3.05, 3.63) is 142 Å². The topological polar surface area (TPSA) is 131 Å². The third kappa shape index (κ3) is 5.58. The minimum absolute atomic E-state index is 0.234. The summed E-state index contributed by atoms with van der Waals surface area (Å²) in [5.74, 6) is -1.79. The maximum Gasteiger partial charge on any atom is 0.343 e. The van der Waals surface area contributed by atoms with E-state index in [2.05, 4.69) is 10.5 Å². The summed E-state index contributed by atoms with van der Waals surface area (Å²) in [5, 5.41) is 26.9. The lowest BCUT2D eigenvalue weighted by molar-refractivity contribution is -0.385. The number of ether oxygens (including phenoxy) is 1. The van der Waals surface area contributed by atoms with E-state index in [-0.39, 0.29) is 16.9 Å². The zero-order valence-electron chi connectivity index (χ0n) is 19.4. The molecule has 0 aromatic heterocycles. The lowest BCUT2D eigenvalue weighted by atomic mass is 9.85. The first kappa shape index (κ1) is 25.0. The molecule has 9 nitrogen and oxygen atoms in total. The van der Waals surface area contributed by atoms with Crippen LogP contribution in [0.2, 0.25) is 0 Å². The van der Waals surface area contributed by atoms with Gasteiger partial charge in [-0.15, -0.1) is 0 Å². The van der Waals surface area contributed by atoms with Crippen molar-refractivity contribution in [3.63, 3.8) is 0 Å². The maximum absolute atomic E-state index is 13.1. The zero-order valence-corrected chi connectivity index (χ0v) is 19.4. The summed E-state index contributed by atoms with van der Waals surface area (Å²) in [5.41, 5.74) is 1.02. The zero-order chi connectivity index (χ0) is 26.3. The summed E-state index contributed by atoms with van der Waals surface area (Å²) in [7, 11) is 0. The van der Waals surface area contributed by atoms with Gasteiger partial charge in [0.25, 0.3) is 5.91 Å². The second kappa shape index (κ2) is 11.1. The number of esters is 1. The Morgan fingerprint density at radius 3 is 1.95 bits per heavy atom. The van der Waals surface area contributed by atoms with Crippen molar-refractivity contribution in [1.82, 2.24) is 5.43 Å². The van der Waals surface area contributed by atoms with Gasteiger partial charge in [0.15, 0.2) is 5.60 Å². The van der Waals surface area contributed by atoms with E-state index in [0.717, 1.165) is 6.07 Å². The normalized spacial score (nSPS) is 11.2. The van der Waals surface area contributed by atoms with E-state index in [1.165, 1.54) is 30.5 Å². The number of nitro benzene ring substituents is 1. The van der Waals surface area contributed by atoms with Crippen LogP contribution in [0.4, 0.5) is 5.69 Å². The van der Waals surface area contributed by atoms with E-state index in [4.69, 9.17) is 4.74 Å². The van der Waals surface area contributed by atoms with E-state index < -0.39 is 28.1 Å². The number of aliphatic hydroxyl groups is 1. The number of carbonyl (C=O) groups excluding carboxylic acids is 2. The molecule has 0 heterocycles. The van der Waals surface area contributed by atoms with Crippen molar-refractivity contribution >= 4 is 23.8 Å². The number of nitrogens with one attached hydrogen (secondary N) is 1. The Morgan fingerprint density at radius 1 is 0.865 bits per heavy atom. The smallest absolute Gasteiger partial charge is 0.343 e. The minimum Gasteiger partial charge on any atom is -0.416 e. The highest BCUT2D eigenvalue weighted by Gasteiger charge is 2.39. The number of nitro groups is 1. The fourth-order valence-electron chi connectivity index (χ4n) is 3.61. The van der Waals surface area contributed by atoms with Crippen LogP contribution in [0.25, 0.3) is 0 Å². The minimum atomic E-state index is -2.03. The largest absolute Gasteiger partial charge is 0.416 e. The molecule has 0 fully saturated rings. The highest BCUT2D eigenvalue weighted by atomic mass is 16.6. The summed E-state index contributed by atoms with van der Waals surface area (Å²) in [6.45, 7) is 0. The second-order valence-electron chi connectivity index (χ2n) is 7.88. The molecule has 0 atom stereocenters. The van der Waals surface area contributed by atoms with Crippen LogP contribution in [0, 0.1) is 10.1 Å². The predicted octanol–water partition coefficient (Wildman–Crippen LogP) is 4.20. The molecule has 184 valence electrons. The number of benzene rings is 4. The van der Waals surface area contributed by atoms with Gasteiger partial charge in [-0.3, -0.25) is 14.9 Å². The average molecular weight is 495 g/mol. The number of carbonyl (C=O) groups is 2. The van der Waals surface area contributed by atoms with Crippen molar-refractivity contribution in [2.45, 2.75) is 5.60 Å². The number of hydrogen-bond acceptors (Lipinski definition) is 7. The van der Waals surface area contributed by atoms with Crippen molar-refractivity contribution in [3.8, 4) is 5.75 Å². The number of amides is 1. The Bertz CT molecular complexity index is 1400. The lowest BCUT2D eigenvalue weighted by Crippen LogP contribution is -2.43. The first-order chi connectivity index (χ1) is 17.9. The highest BCUT2D eigenvalue weighted by molar-refractivity contribution is 5.92. The van der Waals surface area contributed by atoms with Crippen LogP contribution in [0.1, 0.15) is 27.0 Å². The van der Waals surface area contributed by atoms with Crippen LogP contribution < -0.4 is 10.2 Å². The molecule has 2 N–H and O–H groups in total. The molecule has 4 rings (SSSR count). The molecule has 37 heavy (non-hydrogen) atoms. The van der Waals surface area contributed by atoms with Crippen LogP contribution in [0.3, 0.4) is 0 Å². The SMILES string of the molecule is O=C(Oc1ccc(C=NNC(=O)C(O)(c2ccccc2)c2ccccc2)cc1[N+](=O)[O-])c1ccccc1. The molecule has 0 bridgehead atoms. The Balaban J connectivity index is 1.54. The van der Waals surface area contributed by atoms with Gasteiger partial charge in [-0.25, -0.2) is 10.2 Å². The molecular formula is C28H21N3O6. The van der Waals surface area contributed by atoms with Crippen molar-refractivity contribution in [2.24, 2.45) is 5.10 Å². The van der Waals surface area contributed by atoms with E-state index in [9.17, 15) is 24.8 Å². The first-order valence-electron chi connectivity index (χ1n) is 11.1. The third-order valence-corrected chi connectivity index (χ3v) is 5.48. The second-order valence-corrected chi connectivity index (χ2v) is 7.88. The molecule has 0 spiro atoms. The van der Waals surface area contributed by atoms with Gasteiger partial charge in [-0.2, -0.15) is 5.10 Å². The monoisotopic (exact) mass is 495 g/mol. The van der Waals surface area contributed by atoms with Gasteiger partial charge in [-0.05, 0) is 35.4 Å². The summed E-state index contributed by atoms with van der Waals surface area (Å²) in [4.78, 5) is 36.3. The molecule has 9 heteroatoms. The van der Waals surface area contributed by atoms with E-state index in [0.29, 0.717) is 11.1 Å². The molecule has 4 aromatic rings. The first-order valence-corrected chi connectivity index (χ1v) is 11.1. The highest BCUT2D eigenvalue weighted by Crippen LogP contribution is 2.30. The summed E-state index contributed by atoms with van der Waals surface area (Å²) >= 11 is 0.